The van der Waals surface area contributed by atoms with Gasteiger partial charge >= 0.3 is 0 Å². The molecule has 0 aliphatic rings. The smallest absolute Gasteiger partial charge is 0.185 e. The number of rotatable bonds is 6. The van der Waals surface area contributed by atoms with Crippen LogP contribution in [0.5, 0.6) is 5.75 Å². The van der Waals surface area contributed by atoms with Crippen molar-refractivity contribution in [2.45, 2.75) is 25.6 Å². The zero-order valence-corrected chi connectivity index (χ0v) is 11.3. The summed E-state index contributed by atoms with van der Waals surface area (Å²) in [6.07, 6.45) is -1.56. The topological polar surface area (TPSA) is 66.8 Å². The fourth-order valence-electron chi connectivity index (χ4n) is 1.60. The maximum atomic E-state index is 10.8. The van der Waals surface area contributed by atoms with E-state index in [4.69, 9.17) is 4.74 Å². The molecule has 1 rings (SSSR count). The molecule has 0 heterocycles. The summed E-state index contributed by atoms with van der Waals surface area (Å²) in [5.74, 6) is 1.03. The predicted molar refractivity (Wildman–Crippen MR) is 71.7 cm³/mol. The lowest BCUT2D eigenvalue weighted by Crippen LogP contribution is -2.19. The van der Waals surface area contributed by atoms with Crippen molar-refractivity contribution >= 4 is 16.9 Å². The number of carbonyl (C=O) groups is 1. The highest BCUT2D eigenvalue weighted by Crippen LogP contribution is 2.28. The fourth-order valence-corrected chi connectivity index (χ4v) is 2.25. The first-order chi connectivity index (χ1) is 8.56. The third-order valence-corrected chi connectivity index (χ3v) is 3.39. The molecule has 2 unspecified atom stereocenters. The van der Waals surface area contributed by atoms with Gasteiger partial charge in [0, 0.05) is 18.2 Å². The molecule has 0 bridgehead atoms. The number of carbonyl (C=O) groups excluding carboxylic acids is 1. The molecule has 18 heavy (non-hydrogen) atoms. The van der Waals surface area contributed by atoms with Crippen LogP contribution in [-0.4, -0.2) is 34.3 Å². The molecular formula is C13H18O4S. The monoisotopic (exact) mass is 270 g/mol. The van der Waals surface area contributed by atoms with Crippen molar-refractivity contribution in [2.75, 3.05) is 12.9 Å². The number of aliphatic hydroxyl groups is 2. The van der Waals surface area contributed by atoms with Crippen molar-refractivity contribution in [3.63, 3.8) is 0 Å². The first-order valence-electron chi connectivity index (χ1n) is 5.68. The van der Waals surface area contributed by atoms with E-state index in [1.54, 1.807) is 24.3 Å². The van der Waals surface area contributed by atoms with E-state index in [1.165, 1.54) is 14.0 Å². The summed E-state index contributed by atoms with van der Waals surface area (Å²) in [6, 6.07) is 7.02. The van der Waals surface area contributed by atoms with E-state index >= 15 is 0 Å². The Morgan fingerprint density at radius 1 is 1.39 bits per heavy atom. The molecule has 0 saturated heterocycles. The normalized spacial score (nSPS) is 14.0. The summed E-state index contributed by atoms with van der Waals surface area (Å²) in [4.78, 5) is 10.8. The van der Waals surface area contributed by atoms with Gasteiger partial charge in [-0.05, 0) is 12.5 Å². The van der Waals surface area contributed by atoms with Gasteiger partial charge in [0.1, 0.15) is 11.9 Å². The van der Waals surface area contributed by atoms with Gasteiger partial charge in [-0.25, -0.2) is 0 Å². The molecule has 2 N–H and O–H groups in total. The van der Waals surface area contributed by atoms with E-state index in [0.29, 0.717) is 23.5 Å². The maximum Gasteiger partial charge on any atom is 0.185 e. The SMILES string of the molecule is COc1ccccc1C(O)C(O)CCSC(C)=O. The molecule has 1 aromatic carbocycles. The molecule has 100 valence electrons. The standard InChI is InChI=1S/C13H18O4S/c1-9(14)18-8-7-11(15)13(16)10-5-3-4-6-12(10)17-2/h3-6,11,13,15-16H,7-8H2,1-2H3. The van der Waals surface area contributed by atoms with Gasteiger partial charge in [-0.3, -0.25) is 4.79 Å². The van der Waals surface area contributed by atoms with Crippen LogP contribution in [0, 0.1) is 0 Å². The van der Waals surface area contributed by atoms with Gasteiger partial charge in [0.05, 0.1) is 13.2 Å². The quantitative estimate of drug-likeness (QED) is 0.824. The summed E-state index contributed by atoms with van der Waals surface area (Å²) in [5.41, 5.74) is 0.556. The first kappa shape index (κ1) is 15.0. The second kappa shape index (κ2) is 7.41. The lowest BCUT2D eigenvalue weighted by Gasteiger charge is -2.19. The molecular weight excluding hydrogens is 252 g/mol. The summed E-state index contributed by atoms with van der Waals surface area (Å²) in [7, 11) is 1.52. The number of hydrogen-bond acceptors (Lipinski definition) is 5. The number of thioether (sulfide) groups is 1. The predicted octanol–water partition coefficient (Wildman–Crippen LogP) is 1.76. The Morgan fingerprint density at radius 2 is 2.06 bits per heavy atom. The second-order valence-corrected chi connectivity index (χ2v) is 5.15. The van der Waals surface area contributed by atoms with E-state index in [9.17, 15) is 15.0 Å². The summed E-state index contributed by atoms with van der Waals surface area (Å²) >= 11 is 1.14. The lowest BCUT2D eigenvalue weighted by atomic mass is 10.0. The van der Waals surface area contributed by atoms with Crippen molar-refractivity contribution in [3.05, 3.63) is 29.8 Å². The van der Waals surface area contributed by atoms with Crippen LogP contribution in [0.1, 0.15) is 25.0 Å². The van der Waals surface area contributed by atoms with E-state index in [2.05, 4.69) is 0 Å². The van der Waals surface area contributed by atoms with Gasteiger partial charge in [-0.15, -0.1) is 0 Å². The molecule has 1 aromatic rings. The van der Waals surface area contributed by atoms with Crippen molar-refractivity contribution in [1.29, 1.82) is 0 Å². The Morgan fingerprint density at radius 3 is 2.67 bits per heavy atom. The molecule has 0 saturated carbocycles. The highest BCUT2D eigenvalue weighted by Gasteiger charge is 2.21. The molecule has 4 nitrogen and oxygen atoms in total. The van der Waals surface area contributed by atoms with Crippen LogP contribution < -0.4 is 4.74 Å². The largest absolute Gasteiger partial charge is 0.496 e. The Labute approximate surface area is 111 Å². The van der Waals surface area contributed by atoms with Gasteiger partial charge < -0.3 is 14.9 Å². The first-order valence-corrected chi connectivity index (χ1v) is 6.67. The minimum atomic E-state index is -1.01. The van der Waals surface area contributed by atoms with Crippen molar-refractivity contribution in [1.82, 2.24) is 0 Å². The Hall–Kier alpha value is -1.04. The number of methoxy groups -OCH3 is 1. The average molecular weight is 270 g/mol. The molecule has 0 spiro atoms. The number of ether oxygens (including phenoxy) is 1. The molecule has 0 aliphatic heterocycles. The molecule has 0 aliphatic carbocycles. The number of para-hydroxylation sites is 1. The van der Waals surface area contributed by atoms with Crippen LogP contribution in [0.25, 0.3) is 0 Å². The van der Waals surface area contributed by atoms with Crippen LogP contribution in [0.4, 0.5) is 0 Å². The van der Waals surface area contributed by atoms with Gasteiger partial charge in [0.2, 0.25) is 0 Å². The van der Waals surface area contributed by atoms with Crippen LogP contribution in [0.2, 0.25) is 0 Å². The van der Waals surface area contributed by atoms with Gasteiger partial charge in [0.15, 0.2) is 5.12 Å². The minimum absolute atomic E-state index is 0.00832. The molecule has 0 amide bonds. The lowest BCUT2D eigenvalue weighted by molar-refractivity contribution is -0.109. The van der Waals surface area contributed by atoms with E-state index in [0.717, 1.165) is 11.8 Å². The van der Waals surface area contributed by atoms with Crippen LogP contribution >= 0.6 is 11.8 Å². The Bertz CT molecular complexity index is 394. The fraction of sp³-hybridized carbons (Fsp3) is 0.462. The third kappa shape index (κ3) is 4.33. The van der Waals surface area contributed by atoms with E-state index in [-0.39, 0.29) is 5.12 Å². The second-order valence-electron chi connectivity index (χ2n) is 3.88. The third-order valence-electron chi connectivity index (χ3n) is 2.54. The van der Waals surface area contributed by atoms with Gasteiger partial charge in [-0.2, -0.15) is 0 Å². The van der Waals surface area contributed by atoms with Crippen molar-refractivity contribution in [2.24, 2.45) is 0 Å². The minimum Gasteiger partial charge on any atom is -0.496 e. The van der Waals surface area contributed by atoms with Gasteiger partial charge in [0.25, 0.3) is 0 Å². The number of hydrogen-bond donors (Lipinski definition) is 2. The summed E-state index contributed by atoms with van der Waals surface area (Å²) in [6.45, 7) is 1.48. The zero-order valence-electron chi connectivity index (χ0n) is 10.5. The van der Waals surface area contributed by atoms with Crippen molar-refractivity contribution < 1.29 is 19.7 Å². The average Bonchev–Trinajstić information content (AvgIpc) is 2.37. The van der Waals surface area contributed by atoms with Crippen LogP contribution in [-0.2, 0) is 4.79 Å². The van der Waals surface area contributed by atoms with Crippen LogP contribution in [0.3, 0.4) is 0 Å². The van der Waals surface area contributed by atoms with E-state index in [1.807, 2.05) is 0 Å². The Kier molecular flexibility index (Phi) is 6.18. The Balaban J connectivity index is 2.62. The molecule has 0 radical (unpaired) electrons. The van der Waals surface area contributed by atoms with E-state index < -0.39 is 12.2 Å². The summed E-state index contributed by atoms with van der Waals surface area (Å²) < 4.78 is 5.13. The van der Waals surface area contributed by atoms with Crippen LogP contribution in [0.15, 0.2) is 24.3 Å². The number of aliphatic hydroxyl groups excluding tert-OH is 2. The molecule has 0 aromatic heterocycles. The highest BCUT2D eigenvalue weighted by molar-refractivity contribution is 8.13. The number of benzene rings is 1. The maximum absolute atomic E-state index is 10.8. The van der Waals surface area contributed by atoms with Crippen molar-refractivity contribution in [3.8, 4) is 5.75 Å². The van der Waals surface area contributed by atoms with Gasteiger partial charge in [-0.1, -0.05) is 30.0 Å². The highest BCUT2D eigenvalue weighted by atomic mass is 32.2. The summed E-state index contributed by atoms with van der Waals surface area (Å²) in [5, 5.41) is 19.9. The molecule has 2 atom stereocenters. The zero-order chi connectivity index (χ0) is 13.5. The molecule has 0 fully saturated rings. The molecule has 5 heteroatoms.